The molecule has 1 aromatic carbocycles. The standard InChI is InChI=1S/C19H20ClN3O/c1-2-17-21-15-12-16(13-6-8-14(20)9-7-13)24-18(15)19(22-17)23-10-4-3-5-11-23/h6-9,12H,2-5,10-11H2,1H3. The lowest BCUT2D eigenvalue weighted by atomic mass is 10.1. The number of rotatable bonds is 3. The largest absolute Gasteiger partial charge is 0.450 e. The van der Waals surface area contributed by atoms with Crippen molar-refractivity contribution in [1.29, 1.82) is 0 Å². The summed E-state index contributed by atoms with van der Waals surface area (Å²) in [6.07, 6.45) is 4.52. The van der Waals surface area contributed by atoms with Gasteiger partial charge in [-0.15, -0.1) is 0 Å². The maximum atomic E-state index is 6.17. The minimum absolute atomic E-state index is 0.719. The van der Waals surface area contributed by atoms with E-state index in [1.54, 1.807) is 0 Å². The summed E-state index contributed by atoms with van der Waals surface area (Å²) >= 11 is 5.98. The van der Waals surface area contributed by atoms with Crippen molar-refractivity contribution in [2.24, 2.45) is 0 Å². The van der Waals surface area contributed by atoms with E-state index in [4.69, 9.17) is 21.0 Å². The van der Waals surface area contributed by atoms with Crippen molar-refractivity contribution < 1.29 is 4.42 Å². The van der Waals surface area contributed by atoms with E-state index in [0.29, 0.717) is 0 Å². The third-order valence-corrected chi connectivity index (χ3v) is 4.75. The molecule has 0 radical (unpaired) electrons. The van der Waals surface area contributed by atoms with Crippen LogP contribution in [0.3, 0.4) is 0 Å². The zero-order chi connectivity index (χ0) is 16.5. The second-order valence-corrected chi connectivity index (χ2v) is 6.63. The Bertz CT molecular complexity index is 851. The number of benzene rings is 1. The van der Waals surface area contributed by atoms with Crippen molar-refractivity contribution in [2.45, 2.75) is 32.6 Å². The molecular formula is C19H20ClN3O. The lowest BCUT2D eigenvalue weighted by Gasteiger charge is -2.27. The Labute approximate surface area is 146 Å². The van der Waals surface area contributed by atoms with E-state index >= 15 is 0 Å². The Kier molecular flexibility index (Phi) is 4.15. The molecule has 0 unspecified atom stereocenters. The first-order valence-corrected chi connectivity index (χ1v) is 8.94. The minimum Gasteiger partial charge on any atom is -0.450 e. The third kappa shape index (κ3) is 2.86. The van der Waals surface area contributed by atoms with E-state index in [2.05, 4.69) is 16.8 Å². The lowest BCUT2D eigenvalue weighted by molar-refractivity contribution is 0.565. The van der Waals surface area contributed by atoms with Gasteiger partial charge in [0.15, 0.2) is 11.4 Å². The van der Waals surface area contributed by atoms with E-state index in [1.165, 1.54) is 19.3 Å². The van der Waals surface area contributed by atoms with Gasteiger partial charge in [0.2, 0.25) is 0 Å². The molecule has 1 aliphatic rings. The first kappa shape index (κ1) is 15.5. The number of fused-ring (bicyclic) bond motifs is 1. The Morgan fingerprint density at radius 3 is 2.54 bits per heavy atom. The van der Waals surface area contributed by atoms with Crippen molar-refractivity contribution in [3.05, 3.63) is 41.2 Å². The predicted molar refractivity (Wildman–Crippen MR) is 97.7 cm³/mol. The summed E-state index contributed by atoms with van der Waals surface area (Å²) in [5.74, 6) is 2.62. The van der Waals surface area contributed by atoms with E-state index in [1.807, 2.05) is 30.3 Å². The van der Waals surface area contributed by atoms with Gasteiger partial charge in [-0.2, -0.15) is 0 Å². The number of halogens is 1. The molecule has 124 valence electrons. The number of aryl methyl sites for hydroxylation is 1. The SMILES string of the molecule is CCc1nc(N2CCCCC2)c2oc(-c3ccc(Cl)cc3)cc2n1. The molecule has 1 aliphatic heterocycles. The Morgan fingerprint density at radius 2 is 1.83 bits per heavy atom. The van der Waals surface area contributed by atoms with Crippen LogP contribution >= 0.6 is 11.6 Å². The third-order valence-electron chi connectivity index (χ3n) is 4.50. The molecule has 4 rings (SSSR count). The van der Waals surface area contributed by atoms with Gasteiger partial charge < -0.3 is 9.32 Å². The second kappa shape index (κ2) is 6.44. The number of hydrogen-bond acceptors (Lipinski definition) is 4. The van der Waals surface area contributed by atoms with Crippen LogP contribution in [-0.2, 0) is 6.42 Å². The molecule has 2 aromatic heterocycles. The lowest BCUT2D eigenvalue weighted by Crippen LogP contribution is -2.30. The van der Waals surface area contributed by atoms with E-state index in [-0.39, 0.29) is 0 Å². The highest BCUT2D eigenvalue weighted by Crippen LogP contribution is 2.33. The molecule has 1 fully saturated rings. The van der Waals surface area contributed by atoms with Gasteiger partial charge in [0.1, 0.15) is 17.1 Å². The first-order chi connectivity index (χ1) is 11.7. The number of piperidine rings is 1. The molecule has 0 amide bonds. The van der Waals surface area contributed by atoms with Gasteiger partial charge in [0, 0.05) is 36.2 Å². The van der Waals surface area contributed by atoms with Crippen LogP contribution in [0.5, 0.6) is 0 Å². The summed E-state index contributed by atoms with van der Waals surface area (Å²) in [6.45, 7) is 4.15. The highest BCUT2D eigenvalue weighted by molar-refractivity contribution is 6.30. The highest BCUT2D eigenvalue weighted by Gasteiger charge is 2.20. The van der Waals surface area contributed by atoms with Crippen LogP contribution in [0.2, 0.25) is 5.02 Å². The van der Waals surface area contributed by atoms with Gasteiger partial charge in [0.05, 0.1) is 0 Å². The van der Waals surface area contributed by atoms with Gasteiger partial charge >= 0.3 is 0 Å². The van der Waals surface area contributed by atoms with E-state index in [9.17, 15) is 0 Å². The summed E-state index contributed by atoms with van der Waals surface area (Å²) in [7, 11) is 0. The number of hydrogen-bond donors (Lipinski definition) is 0. The topological polar surface area (TPSA) is 42.2 Å². The molecule has 3 heterocycles. The van der Waals surface area contributed by atoms with Gasteiger partial charge in [-0.05, 0) is 43.5 Å². The highest BCUT2D eigenvalue weighted by atomic mass is 35.5. The van der Waals surface area contributed by atoms with Gasteiger partial charge in [-0.3, -0.25) is 0 Å². The molecule has 1 saturated heterocycles. The summed E-state index contributed by atoms with van der Waals surface area (Å²) in [6, 6.07) is 9.69. The molecule has 0 bridgehead atoms. The molecule has 0 atom stereocenters. The zero-order valence-electron chi connectivity index (χ0n) is 13.8. The van der Waals surface area contributed by atoms with Crippen LogP contribution < -0.4 is 4.90 Å². The molecule has 4 nitrogen and oxygen atoms in total. The fourth-order valence-electron chi connectivity index (χ4n) is 3.20. The maximum absolute atomic E-state index is 6.17. The molecule has 0 aliphatic carbocycles. The smallest absolute Gasteiger partial charge is 0.195 e. The zero-order valence-corrected chi connectivity index (χ0v) is 14.5. The fraction of sp³-hybridized carbons (Fsp3) is 0.368. The summed E-state index contributed by atoms with van der Waals surface area (Å²) in [4.78, 5) is 11.8. The number of furan rings is 1. The summed E-state index contributed by atoms with van der Waals surface area (Å²) < 4.78 is 6.17. The Hall–Kier alpha value is -2.07. The van der Waals surface area contributed by atoms with Crippen molar-refractivity contribution in [3.8, 4) is 11.3 Å². The molecule has 24 heavy (non-hydrogen) atoms. The second-order valence-electron chi connectivity index (χ2n) is 6.20. The quantitative estimate of drug-likeness (QED) is 0.665. The van der Waals surface area contributed by atoms with Crippen LogP contribution in [0.1, 0.15) is 32.0 Å². The van der Waals surface area contributed by atoms with E-state index < -0.39 is 0 Å². The van der Waals surface area contributed by atoms with Crippen molar-refractivity contribution in [1.82, 2.24) is 9.97 Å². The first-order valence-electron chi connectivity index (χ1n) is 8.56. The van der Waals surface area contributed by atoms with Gasteiger partial charge in [-0.25, -0.2) is 9.97 Å². The van der Waals surface area contributed by atoms with Crippen molar-refractivity contribution >= 4 is 28.5 Å². The number of aromatic nitrogens is 2. The monoisotopic (exact) mass is 341 g/mol. The number of nitrogens with zero attached hydrogens (tertiary/aromatic N) is 3. The van der Waals surface area contributed by atoms with Crippen LogP contribution in [0, 0.1) is 0 Å². The Balaban J connectivity index is 1.83. The maximum Gasteiger partial charge on any atom is 0.195 e. The average Bonchev–Trinajstić information content (AvgIpc) is 3.06. The molecule has 5 heteroatoms. The number of anilines is 1. The van der Waals surface area contributed by atoms with Crippen LogP contribution in [0.25, 0.3) is 22.4 Å². The molecule has 0 N–H and O–H groups in total. The van der Waals surface area contributed by atoms with E-state index in [0.717, 1.165) is 58.6 Å². The summed E-state index contributed by atoms with van der Waals surface area (Å²) in [5.41, 5.74) is 2.67. The minimum atomic E-state index is 0.719. The van der Waals surface area contributed by atoms with Crippen molar-refractivity contribution in [3.63, 3.8) is 0 Å². The van der Waals surface area contributed by atoms with Gasteiger partial charge in [-0.1, -0.05) is 18.5 Å². The molecule has 3 aromatic rings. The van der Waals surface area contributed by atoms with Crippen LogP contribution in [0.4, 0.5) is 5.82 Å². The predicted octanol–water partition coefficient (Wildman–Crippen LogP) is 5.10. The van der Waals surface area contributed by atoms with Crippen LogP contribution in [-0.4, -0.2) is 23.1 Å². The van der Waals surface area contributed by atoms with Gasteiger partial charge in [0.25, 0.3) is 0 Å². The normalized spacial score (nSPS) is 15.2. The van der Waals surface area contributed by atoms with Crippen LogP contribution in [0.15, 0.2) is 34.7 Å². The van der Waals surface area contributed by atoms with Crippen molar-refractivity contribution in [2.75, 3.05) is 18.0 Å². The average molecular weight is 342 g/mol. The fourth-order valence-corrected chi connectivity index (χ4v) is 3.32. The Morgan fingerprint density at radius 1 is 1.08 bits per heavy atom. The molecule has 0 saturated carbocycles. The molecule has 0 spiro atoms. The molecular weight excluding hydrogens is 322 g/mol. The summed E-state index contributed by atoms with van der Waals surface area (Å²) in [5, 5.41) is 0.719.